The Balaban J connectivity index is 2.47. The fraction of sp³-hybridized carbons (Fsp3) is 0.778. The average molecular weight is 182 g/mol. The van der Waals surface area contributed by atoms with Crippen molar-refractivity contribution in [3.8, 4) is 6.19 Å². The number of carboxylic acids is 1. The summed E-state index contributed by atoms with van der Waals surface area (Å²) in [5.41, 5.74) is 0. The quantitative estimate of drug-likeness (QED) is 0.503. The molecular weight excluding hydrogens is 168 g/mol. The maximum absolute atomic E-state index is 10.8. The minimum atomic E-state index is -0.718. The molecule has 1 saturated carbocycles. The van der Waals surface area contributed by atoms with Crippen LogP contribution in [0.15, 0.2) is 0 Å². The van der Waals surface area contributed by atoms with Crippen LogP contribution >= 0.6 is 0 Å². The number of nitriles is 1. The lowest BCUT2D eigenvalue weighted by atomic mass is 9.79. The number of nitrogens with one attached hydrogen (secondary N) is 1. The predicted molar refractivity (Wildman–Crippen MR) is 46.7 cm³/mol. The van der Waals surface area contributed by atoms with E-state index in [2.05, 4.69) is 5.32 Å². The molecular formula is C9H14N2O2. The number of carbonyl (C=O) groups is 1. The minimum Gasteiger partial charge on any atom is -0.481 e. The van der Waals surface area contributed by atoms with Gasteiger partial charge < -0.3 is 10.4 Å². The molecule has 13 heavy (non-hydrogen) atoms. The van der Waals surface area contributed by atoms with Gasteiger partial charge in [-0.05, 0) is 18.8 Å². The summed E-state index contributed by atoms with van der Waals surface area (Å²) in [5, 5.41) is 19.8. The number of hydrogen-bond donors (Lipinski definition) is 2. The molecule has 0 bridgehead atoms. The third-order valence-electron chi connectivity index (χ3n) is 2.67. The second kappa shape index (κ2) is 4.70. The van der Waals surface area contributed by atoms with Gasteiger partial charge in [0.15, 0.2) is 6.19 Å². The number of nitrogens with zero attached hydrogens (tertiary/aromatic N) is 1. The maximum Gasteiger partial charge on any atom is 0.306 e. The molecule has 2 atom stereocenters. The van der Waals surface area contributed by atoms with Gasteiger partial charge in [-0.1, -0.05) is 12.8 Å². The van der Waals surface area contributed by atoms with Crippen LogP contribution in [0.25, 0.3) is 0 Å². The first-order valence-corrected chi connectivity index (χ1v) is 4.60. The first kappa shape index (κ1) is 9.85. The second-order valence-electron chi connectivity index (χ2n) is 3.48. The molecule has 0 aliphatic heterocycles. The molecule has 0 radical (unpaired) electrons. The SMILES string of the molecule is N#CNCC1CCCCC1C(=O)O. The molecule has 0 aromatic heterocycles. The van der Waals surface area contributed by atoms with Crippen LogP contribution in [0.4, 0.5) is 0 Å². The van der Waals surface area contributed by atoms with E-state index in [1.165, 1.54) is 0 Å². The molecule has 1 aliphatic rings. The second-order valence-corrected chi connectivity index (χ2v) is 3.48. The normalized spacial score (nSPS) is 27.6. The highest BCUT2D eigenvalue weighted by Gasteiger charge is 2.30. The first-order chi connectivity index (χ1) is 6.25. The summed E-state index contributed by atoms with van der Waals surface area (Å²) in [5.74, 6) is -0.843. The van der Waals surface area contributed by atoms with Gasteiger partial charge in [0.25, 0.3) is 0 Å². The van der Waals surface area contributed by atoms with Crippen LogP contribution in [0.2, 0.25) is 0 Å². The fourth-order valence-corrected chi connectivity index (χ4v) is 1.95. The molecule has 2 N–H and O–H groups in total. The van der Waals surface area contributed by atoms with Crippen molar-refractivity contribution < 1.29 is 9.90 Å². The largest absolute Gasteiger partial charge is 0.481 e. The number of carboxylic acid groups (broad SMARTS) is 1. The predicted octanol–water partition coefficient (Wildman–Crippen LogP) is 0.948. The van der Waals surface area contributed by atoms with Crippen molar-refractivity contribution in [3.05, 3.63) is 0 Å². The molecule has 4 nitrogen and oxygen atoms in total. The molecule has 0 saturated heterocycles. The van der Waals surface area contributed by atoms with E-state index in [-0.39, 0.29) is 11.8 Å². The summed E-state index contributed by atoms with van der Waals surface area (Å²) in [7, 11) is 0. The third kappa shape index (κ3) is 2.62. The van der Waals surface area contributed by atoms with E-state index in [0.29, 0.717) is 6.54 Å². The Labute approximate surface area is 77.6 Å². The van der Waals surface area contributed by atoms with Crippen molar-refractivity contribution in [1.82, 2.24) is 5.32 Å². The highest BCUT2D eigenvalue weighted by molar-refractivity contribution is 5.70. The van der Waals surface area contributed by atoms with Gasteiger partial charge in [-0.25, -0.2) is 0 Å². The van der Waals surface area contributed by atoms with Gasteiger partial charge in [0, 0.05) is 6.54 Å². The van der Waals surface area contributed by atoms with Crippen LogP contribution in [0.3, 0.4) is 0 Å². The van der Waals surface area contributed by atoms with Gasteiger partial charge in [0.2, 0.25) is 0 Å². The Morgan fingerprint density at radius 3 is 2.85 bits per heavy atom. The highest BCUT2D eigenvalue weighted by atomic mass is 16.4. The van der Waals surface area contributed by atoms with E-state index in [4.69, 9.17) is 10.4 Å². The topological polar surface area (TPSA) is 73.1 Å². The monoisotopic (exact) mass is 182 g/mol. The van der Waals surface area contributed by atoms with Gasteiger partial charge >= 0.3 is 5.97 Å². The molecule has 0 heterocycles. The summed E-state index contributed by atoms with van der Waals surface area (Å²) in [6, 6.07) is 0. The molecule has 0 aromatic carbocycles. The van der Waals surface area contributed by atoms with Crippen LogP contribution < -0.4 is 5.32 Å². The number of rotatable bonds is 3. The Hall–Kier alpha value is -1.24. The zero-order valence-corrected chi connectivity index (χ0v) is 7.49. The van der Waals surface area contributed by atoms with Crippen molar-refractivity contribution in [2.24, 2.45) is 11.8 Å². The molecule has 1 fully saturated rings. The molecule has 4 heteroatoms. The summed E-state index contributed by atoms with van der Waals surface area (Å²) in [6.45, 7) is 0.507. The minimum absolute atomic E-state index is 0.130. The van der Waals surface area contributed by atoms with Gasteiger partial charge in [0.1, 0.15) is 0 Å². The van der Waals surface area contributed by atoms with E-state index in [9.17, 15) is 4.79 Å². The van der Waals surface area contributed by atoms with Crippen LogP contribution in [-0.4, -0.2) is 17.6 Å². The summed E-state index contributed by atoms with van der Waals surface area (Å²) in [4.78, 5) is 10.8. The van der Waals surface area contributed by atoms with E-state index >= 15 is 0 Å². The smallest absolute Gasteiger partial charge is 0.306 e. The van der Waals surface area contributed by atoms with Crippen molar-refractivity contribution in [2.75, 3.05) is 6.54 Å². The van der Waals surface area contributed by atoms with E-state index in [1.54, 1.807) is 0 Å². The lowest BCUT2D eigenvalue weighted by Crippen LogP contribution is -2.33. The first-order valence-electron chi connectivity index (χ1n) is 4.60. The van der Waals surface area contributed by atoms with Crippen LogP contribution in [0, 0.1) is 23.3 Å². The van der Waals surface area contributed by atoms with Crippen LogP contribution in [-0.2, 0) is 4.79 Å². The van der Waals surface area contributed by atoms with Crippen molar-refractivity contribution >= 4 is 5.97 Å². The zero-order valence-electron chi connectivity index (χ0n) is 7.49. The lowest BCUT2D eigenvalue weighted by Gasteiger charge is -2.27. The average Bonchev–Trinajstić information content (AvgIpc) is 2.15. The molecule has 0 amide bonds. The maximum atomic E-state index is 10.8. The summed E-state index contributed by atoms with van der Waals surface area (Å²) < 4.78 is 0. The molecule has 72 valence electrons. The Morgan fingerprint density at radius 2 is 2.23 bits per heavy atom. The van der Waals surface area contributed by atoms with Gasteiger partial charge in [-0.15, -0.1) is 0 Å². The van der Waals surface area contributed by atoms with Crippen molar-refractivity contribution in [3.63, 3.8) is 0 Å². The Kier molecular flexibility index (Phi) is 3.56. The van der Waals surface area contributed by atoms with E-state index in [0.717, 1.165) is 25.7 Å². The lowest BCUT2D eigenvalue weighted by molar-refractivity contribution is -0.144. The van der Waals surface area contributed by atoms with Crippen molar-refractivity contribution in [1.29, 1.82) is 5.26 Å². The molecule has 0 spiro atoms. The van der Waals surface area contributed by atoms with E-state index < -0.39 is 5.97 Å². The molecule has 0 aromatic rings. The van der Waals surface area contributed by atoms with Crippen LogP contribution in [0.1, 0.15) is 25.7 Å². The van der Waals surface area contributed by atoms with Gasteiger partial charge in [0.05, 0.1) is 5.92 Å². The molecule has 1 rings (SSSR count). The van der Waals surface area contributed by atoms with Gasteiger partial charge in [-0.3, -0.25) is 4.79 Å². The van der Waals surface area contributed by atoms with Crippen LogP contribution in [0.5, 0.6) is 0 Å². The Morgan fingerprint density at radius 1 is 1.54 bits per heavy atom. The molecule has 1 aliphatic carbocycles. The number of aliphatic carboxylic acids is 1. The van der Waals surface area contributed by atoms with Crippen molar-refractivity contribution in [2.45, 2.75) is 25.7 Å². The standard InChI is InChI=1S/C9H14N2O2/c10-6-11-5-7-3-1-2-4-8(7)9(12)13/h7-8,11H,1-5H2,(H,12,13). The summed E-state index contributed by atoms with van der Waals surface area (Å²) >= 11 is 0. The Bertz CT molecular complexity index is 222. The molecule has 2 unspecified atom stereocenters. The fourth-order valence-electron chi connectivity index (χ4n) is 1.95. The highest BCUT2D eigenvalue weighted by Crippen LogP contribution is 2.29. The third-order valence-corrected chi connectivity index (χ3v) is 2.67. The zero-order chi connectivity index (χ0) is 9.68. The number of hydrogen-bond acceptors (Lipinski definition) is 3. The van der Waals surface area contributed by atoms with Gasteiger partial charge in [-0.2, -0.15) is 5.26 Å². The van der Waals surface area contributed by atoms with E-state index in [1.807, 2.05) is 6.19 Å². The summed E-state index contributed by atoms with van der Waals surface area (Å²) in [6.07, 6.45) is 5.60.